The number of rotatable bonds is 10. The van der Waals surface area contributed by atoms with Crippen molar-refractivity contribution in [1.29, 1.82) is 0 Å². The molecule has 0 aromatic heterocycles. The summed E-state index contributed by atoms with van der Waals surface area (Å²) in [7, 11) is 0. The fourth-order valence-electron chi connectivity index (χ4n) is 4.65. The van der Waals surface area contributed by atoms with Crippen LogP contribution in [0.1, 0.15) is 37.3 Å². The number of fused-ring (bicyclic) bond motifs is 1. The molecular weight excluding hydrogens is 392 g/mol. The molecular formula is C25H32N2O2S. The Morgan fingerprint density at radius 3 is 2.20 bits per heavy atom. The molecule has 5 heteroatoms. The monoisotopic (exact) mass is 424 g/mol. The molecule has 2 aliphatic heterocycles. The molecule has 30 heavy (non-hydrogen) atoms. The van der Waals surface area contributed by atoms with E-state index in [0.717, 1.165) is 38.2 Å². The molecule has 2 aromatic rings. The van der Waals surface area contributed by atoms with Gasteiger partial charge >= 0.3 is 6.03 Å². The van der Waals surface area contributed by atoms with E-state index in [1.54, 1.807) is 0 Å². The van der Waals surface area contributed by atoms with Gasteiger partial charge in [-0.05, 0) is 37.3 Å². The van der Waals surface area contributed by atoms with Crippen LogP contribution in [0.5, 0.6) is 0 Å². The van der Waals surface area contributed by atoms with Crippen molar-refractivity contribution in [3.63, 3.8) is 0 Å². The van der Waals surface area contributed by atoms with Crippen molar-refractivity contribution in [2.24, 2.45) is 0 Å². The zero-order valence-corrected chi connectivity index (χ0v) is 18.6. The number of unbranched alkanes of at least 4 members (excludes halogenated alkanes) is 1. The highest BCUT2D eigenvalue weighted by Crippen LogP contribution is 2.42. The number of carbonyl (C=O) groups is 1. The average molecular weight is 425 g/mol. The number of carbonyl (C=O) groups excluding carboxylic acids is 1. The van der Waals surface area contributed by atoms with Gasteiger partial charge in [-0.2, -0.15) is 11.8 Å². The maximum absolute atomic E-state index is 13.5. The Morgan fingerprint density at radius 2 is 1.57 bits per heavy atom. The van der Waals surface area contributed by atoms with E-state index in [0.29, 0.717) is 30.4 Å². The van der Waals surface area contributed by atoms with Gasteiger partial charge in [0.1, 0.15) is 0 Å². The Morgan fingerprint density at radius 1 is 0.933 bits per heavy atom. The minimum atomic E-state index is 0.192. The van der Waals surface area contributed by atoms with Crippen LogP contribution < -0.4 is 0 Å². The first-order valence-corrected chi connectivity index (χ1v) is 12.2. The van der Waals surface area contributed by atoms with Crippen LogP contribution in [-0.2, 0) is 17.8 Å². The van der Waals surface area contributed by atoms with E-state index >= 15 is 0 Å². The van der Waals surface area contributed by atoms with Crippen molar-refractivity contribution in [2.45, 2.75) is 56.6 Å². The fourth-order valence-corrected chi connectivity index (χ4v) is 6.33. The third-order valence-electron chi connectivity index (χ3n) is 6.13. The van der Waals surface area contributed by atoms with Crippen molar-refractivity contribution in [3.05, 3.63) is 71.8 Å². The van der Waals surface area contributed by atoms with E-state index < -0.39 is 0 Å². The lowest BCUT2D eigenvalue weighted by Crippen LogP contribution is -2.40. The summed E-state index contributed by atoms with van der Waals surface area (Å²) in [5, 5.41) is 0.505. The molecule has 0 aliphatic carbocycles. The van der Waals surface area contributed by atoms with Crippen LogP contribution >= 0.6 is 11.8 Å². The second-order valence-corrected chi connectivity index (χ2v) is 9.40. The van der Waals surface area contributed by atoms with E-state index in [2.05, 4.69) is 70.1 Å². The van der Waals surface area contributed by atoms with Gasteiger partial charge in [-0.25, -0.2) is 4.79 Å². The van der Waals surface area contributed by atoms with Crippen molar-refractivity contribution >= 4 is 17.8 Å². The number of amides is 2. The third-order valence-corrected chi connectivity index (χ3v) is 7.61. The van der Waals surface area contributed by atoms with Gasteiger partial charge in [-0.3, -0.25) is 0 Å². The summed E-state index contributed by atoms with van der Waals surface area (Å²) in [5.74, 6) is 1.03. The number of nitrogens with zero attached hydrogens (tertiary/aromatic N) is 2. The first-order valence-electron chi connectivity index (χ1n) is 11.1. The topological polar surface area (TPSA) is 32.8 Å². The van der Waals surface area contributed by atoms with E-state index in [1.807, 2.05) is 19.1 Å². The SMILES string of the molecule is CCOCCCC[C@@H]1SC[C@H]2[C@@H]1N(Cc1ccccc1)C(=O)N2Cc1ccccc1. The normalized spacial score (nSPS) is 23.2. The van der Waals surface area contributed by atoms with Gasteiger partial charge in [0.15, 0.2) is 0 Å². The van der Waals surface area contributed by atoms with Gasteiger partial charge in [0.25, 0.3) is 0 Å². The summed E-state index contributed by atoms with van der Waals surface area (Å²) in [6, 6.07) is 21.6. The number of hydrogen-bond acceptors (Lipinski definition) is 3. The molecule has 3 atom stereocenters. The maximum Gasteiger partial charge on any atom is 0.321 e. The zero-order valence-electron chi connectivity index (χ0n) is 17.8. The number of benzene rings is 2. The zero-order chi connectivity index (χ0) is 20.8. The predicted molar refractivity (Wildman–Crippen MR) is 124 cm³/mol. The van der Waals surface area contributed by atoms with Crippen LogP contribution in [0, 0.1) is 0 Å². The molecule has 2 fully saturated rings. The van der Waals surface area contributed by atoms with Crippen molar-refractivity contribution in [3.8, 4) is 0 Å². The first kappa shape index (κ1) is 21.3. The molecule has 0 unspecified atom stereocenters. The Balaban J connectivity index is 1.49. The minimum Gasteiger partial charge on any atom is -0.382 e. The number of ether oxygens (including phenoxy) is 1. The molecule has 0 radical (unpaired) electrons. The summed E-state index contributed by atoms with van der Waals surface area (Å²) in [6.07, 6.45) is 3.41. The molecule has 0 N–H and O–H groups in total. The molecule has 2 saturated heterocycles. The standard InChI is InChI=1S/C25H32N2O2S/c1-2-29-16-10-9-15-23-24-22(19-30-23)26(17-20-11-5-3-6-12-20)25(28)27(24)18-21-13-7-4-8-14-21/h3-8,11-14,22-24H,2,9-10,15-19H2,1H3/t22-,23-,24-/m0/s1. The average Bonchev–Trinajstić information content (AvgIpc) is 3.30. The smallest absolute Gasteiger partial charge is 0.321 e. The van der Waals surface area contributed by atoms with Gasteiger partial charge in [0, 0.05) is 37.3 Å². The van der Waals surface area contributed by atoms with E-state index in [1.165, 1.54) is 11.1 Å². The highest BCUT2D eigenvalue weighted by Gasteiger charge is 2.52. The largest absolute Gasteiger partial charge is 0.382 e. The Kier molecular flexibility index (Phi) is 7.34. The molecule has 0 saturated carbocycles. The van der Waals surface area contributed by atoms with Crippen molar-refractivity contribution in [2.75, 3.05) is 19.0 Å². The summed E-state index contributed by atoms with van der Waals surface area (Å²) >= 11 is 2.05. The Hall–Kier alpha value is -1.98. The van der Waals surface area contributed by atoms with Gasteiger partial charge in [-0.15, -0.1) is 0 Å². The lowest BCUT2D eigenvalue weighted by Gasteiger charge is -2.27. The first-order chi connectivity index (χ1) is 14.8. The lowest BCUT2D eigenvalue weighted by molar-refractivity contribution is 0.142. The maximum atomic E-state index is 13.5. The van der Waals surface area contributed by atoms with E-state index in [9.17, 15) is 4.79 Å². The fraction of sp³-hybridized carbons (Fsp3) is 0.480. The Bertz CT molecular complexity index is 801. The number of thioether (sulfide) groups is 1. The predicted octanol–water partition coefficient (Wildman–Crippen LogP) is 5.18. The number of urea groups is 1. The molecule has 160 valence electrons. The Labute approximate surface area is 184 Å². The van der Waals surface area contributed by atoms with Gasteiger partial charge in [0.2, 0.25) is 0 Å². The summed E-state index contributed by atoms with van der Waals surface area (Å²) < 4.78 is 5.51. The highest BCUT2D eigenvalue weighted by atomic mass is 32.2. The van der Waals surface area contributed by atoms with Gasteiger partial charge < -0.3 is 14.5 Å². The second kappa shape index (κ2) is 10.4. The van der Waals surface area contributed by atoms with Gasteiger partial charge in [0.05, 0.1) is 12.1 Å². The van der Waals surface area contributed by atoms with Gasteiger partial charge in [-0.1, -0.05) is 60.7 Å². The summed E-state index contributed by atoms with van der Waals surface area (Å²) in [4.78, 5) is 17.8. The minimum absolute atomic E-state index is 0.192. The van der Waals surface area contributed by atoms with Crippen LogP contribution in [0.4, 0.5) is 4.79 Å². The molecule has 0 spiro atoms. The highest BCUT2D eigenvalue weighted by molar-refractivity contribution is 8.00. The van der Waals surface area contributed by atoms with Crippen LogP contribution in [0.2, 0.25) is 0 Å². The molecule has 4 rings (SSSR count). The quantitative estimate of drug-likeness (QED) is 0.389. The molecule has 2 aromatic carbocycles. The van der Waals surface area contributed by atoms with Crippen LogP contribution in [0.3, 0.4) is 0 Å². The summed E-state index contributed by atoms with van der Waals surface area (Å²) in [5.41, 5.74) is 2.41. The lowest BCUT2D eigenvalue weighted by atomic mass is 10.0. The number of hydrogen-bond donors (Lipinski definition) is 0. The van der Waals surface area contributed by atoms with Crippen LogP contribution in [-0.4, -0.2) is 52.1 Å². The molecule has 2 amide bonds. The van der Waals surface area contributed by atoms with E-state index in [-0.39, 0.29) is 6.03 Å². The van der Waals surface area contributed by atoms with E-state index in [4.69, 9.17) is 4.74 Å². The van der Waals surface area contributed by atoms with Crippen LogP contribution in [0.15, 0.2) is 60.7 Å². The summed E-state index contributed by atoms with van der Waals surface area (Å²) in [6.45, 7) is 5.07. The molecule has 2 heterocycles. The third kappa shape index (κ3) is 4.84. The van der Waals surface area contributed by atoms with Crippen molar-refractivity contribution < 1.29 is 9.53 Å². The molecule has 0 bridgehead atoms. The van der Waals surface area contributed by atoms with Crippen LogP contribution in [0.25, 0.3) is 0 Å². The van der Waals surface area contributed by atoms with Crippen molar-refractivity contribution in [1.82, 2.24) is 9.80 Å². The molecule has 2 aliphatic rings. The second-order valence-electron chi connectivity index (χ2n) is 8.13. The molecule has 4 nitrogen and oxygen atoms in total.